The molecule has 0 spiro atoms. The van der Waals surface area contributed by atoms with Crippen molar-refractivity contribution in [2.45, 2.75) is 207 Å². The van der Waals surface area contributed by atoms with Crippen molar-refractivity contribution in [1.82, 2.24) is 64.6 Å². The summed E-state index contributed by atoms with van der Waals surface area (Å²) in [5, 5.41) is 92.6. The summed E-state index contributed by atoms with van der Waals surface area (Å²) in [6, 6.07) is 42.5. The lowest BCUT2D eigenvalue weighted by Gasteiger charge is -2.34. The molecule has 6 aromatic heterocycles. The van der Waals surface area contributed by atoms with E-state index in [4.69, 9.17) is 26.2 Å². The molecule has 680 valence electrons. The number of benzene rings is 5. The zero-order valence-corrected chi connectivity index (χ0v) is 75.8. The van der Waals surface area contributed by atoms with E-state index in [1.54, 1.807) is 83.0 Å². The summed E-state index contributed by atoms with van der Waals surface area (Å²) in [6.45, 7) is 30.0. The van der Waals surface area contributed by atoms with Gasteiger partial charge < -0.3 is 54.8 Å². The maximum atomic E-state index is 15.0. The summed E-state index contributed by atoms with van der Waals surface area (Å²) >= 11 is 6.27. The minimum Gasteiger partial charge on any atom is -0.443 e. The number of rotatable bonds is 11. The Morgan fingerprint density at radius 2 is 0.931 bits per heavy atom. The molecule has 0 saturated carbocycles. The van der Waals surface area contributed by atoms with E-state index in [1.807, 2.05) is 117 Å². The third kappa shape index (κ3) is 18.9. The van der Waals surface area contributed by atoms with Crippen LogP contribution in [0.4, 0.5) is 46.0 Å². The predicted octanol–water partition coefficient (Wildman–Crippen LogP) is 14.7. The number of carbonyl (C=O) groups is 5. The van der Waals surface area contributed by atoms with Crippen LogP contribution in [0.5, 0.6) is 0 Å². The number of nitriles is 3. The van der Waals surface area contributed by atoms with Gasteiger partial charge >= 0.3 is 12.2 Å². The number of aliphatic hydroxyl groups excluding tert-OH is 4. The van der Waals surface area contributed by atoms with Crippen LogP contribution in [0.15, 0.2) is 158 Å². The Morgan fingerprint density at radius 1 is 0.504 bits per heavy atom. The Kier molecular flexibility index (Phi) is 26.1. The molecular formula is C96H102ClF3N20O11. The highest BCUT2D eigenvalue weighted by Crippen LogP contribution is 2.43. The van der Waals surface area contributed by atoms with Gasteiger partial charge in [-0.3, -0.25) is 24.2 Å². The summed E-state index contributed by atoms with van der Waals surface area (Å²) in [6.07, 6.45) is 6.83. The Balaban J connectivity index is 0.000000137. The number of pyridine rings is 2. The number of hydrogen-bond acceptors (Lipinski definition) is 24. The number of aromatic amines is 1. The van der Waals surface area contributed by atoms with Gasteiger partial charge in [-0.15, -0.1) is 0 Å². The van der Waals surface area contributed by atoms with Crippen molar-refractivity contribution in [1.29, 1.82) is 15.8 Å². The second kappa shape index (κ2) is 36.6. The first kappa shape index (κ1) is 93.3. The van der Waals surface area contributed by atoms with Crippen LogP contribution in [0.1, 0.15) is 193 Å². The fraction of sp³-hybridized carbons (Fsp3) is 0.375. The molecule has 131 heavy (non-hydrogen) atoms. The standard InChI is InChI=1S/C28H29FN6O4.C23H21FN6O2.C20H16ClFN2O3.C16H21N3O.C9H15N3O/c1-27(2,3)39-26(38)33-15-19-24(25(33)37)20(13-18(31-19)23-16(14-30)7-6-8-17(23)29)35-12-10-22(32-35)34-11-9-21(36)28(34,4)5;1-23(2)18(31)6-8-29(23)19-7-9-30(28-19)17-10-15(27-16-12-26-22(32)21(16)17)20-13(11-25)4-3-5-14(20)24;1-20(2,3)27-19(26)24-10-13-7-12(8-14(21)17(13)18(24)25)16-11(9-23)5-4-6-15(16)22;1-16(2)14(20)8-11-19(16)15-9-10-18(17-15)12-13-6-4-3-5-7-13;1-9(2)7(13)4-6-12(9)8-3-5-10-11-8/h6-8,10,12-13,21,36H,9,11,15H2,1-5H3;3-5,7,9-10,18,31H,6,8,12H2,1-2H3,(H,26,32);4-8H,10H2,1-3H3;3-7,9-10,14,20H,8,11-12H2,1-2H3;3,5,7,13H,4,6H2,1-2H3,(H,10,11). The minimum absolute atomic E-state index is 0.0107. The third-order valence-electron chi connectivity index (χ3n) is 24.6. The molecular weight excluding hydrogens is 1700 g/mol. The summed E-state index contributed by atoms with van der Waals surface area (Å²) in [7, 11) is 0. The number of ether oxygens (including phenoxy) is 2. The summed E-state index contributed by atoms with van der Waals surface area (Å²) in [4.78, 5) is 83.1. The number of halogens is 4. The summed E-state index contributed by atoms with van der Waals surface area (Å²) < 4.78 is 59.7. The summed E-state index contributed by atoms with van der Waals surface area (Å²) in [5.74, 6) is -0.0496. The first-order chi connectivity index (χ1) is 61.9. The highest BCUT2D eigenvalue weighted by atomic mass is 35.5. The number of aromatic nitrogens is 10. The van der Waals surface area contributed by atoms with Crippen molar-refractivity contribution in [3.05, 3.63) is 237 Å². The summed E-state index contributed by atoms with van der Waals surface area (Å²) in [5.41, 5.74) is 2.15. The molecule has 4 unspecified atom stereocenters. The van der Waals surface area contributed by atoms with E-state index in [2.05, 4.69) is 71.5 Å². The topological polar surface area (TPSA) is 395 Å². The third-order valence-corrected chi connectivity index (χ3v) is 24.9. The normalized spacial score (nSPS) is 18.8. The molecule has 13 heterocycles. The average Bonchev–Trinajstić information content (AvgIpc) is 1.55. The maximum absolute atomic E-state index is 15.0. The number of fused-ring (bicyclic) bond motifs is 3. The lowest BCUT2D eigenvalue weighted by molar-refractivity contribution is 0.0230. The number of aliphatic hydroxyl groups is 4. The van der Waals surface area contributed by atoms with E-state index in [1.165, 1.54) is 77.0 Å². The van der Waals surface area contributed by atoms with Crippen molar-refractivity contribution < 1.29 is 67.0 Å². The van der Waals surface area contributed by atoms with E-state index in [0.29, 0.717) is 65.6 Å². The van der Waals surface area contributed by atoms with Crippen LogP contribution in [-0.4, -0.2) is 194 Å². The molecule has 4 fully saturated rings. The second-order valence-corrected chi connectivity index (χ2v) is 37.3. The highest BCUT2D eigenvalue weighted by Gasteiger charge is 2.47. The van der Waals surface area contributed by atoms with Crippen LogP contribution < -0.4 is 24.9 Å². The molecule has 35 heteroatoms. The molecule has 4 atom stereocenters. The number of H-pyrrole nitrogens is 1. The van der Waals surface area contributed by atoms with Crippen LogP contribution in [0, 0.1) is 51.4 Å². The van der Waals surface area contributed by atoms with Crippen LogP contribution in [0.25, 0.3) is 45.0 Å². The van der Waals surface area contributed by atoms with Crippen LogP contribution >= 0.6 is 11.6 Å². The Morgan fingerprint density at radius 3 is 1.38 bits per heavy atom. The number of anilines is 4. The lowest BCUT2D eigenvalue weighted by atomic mass is 9.96. The zero-order chi connectivity index (χ0) is 94.5. The highest BCUT2D eigenvalue weighted by molar-refractivity contribution is 6.35. The van der Waals surface area contributed by atoms with Gasteiger partial charge in [-0.25, -0.2) is 51.9 Å². The monoisotopic (exact) mass is 1800 g/mol. The SMILES string of the molecule is CC(C)(C)OC(=O)N1Cc2cc(-c3c(F)cccc3C#N)cc(Cl)c2C1=O.CC(C)(C)OC(=O)N1Cc2nc(-c3c(F)cccc3C#N)cc(-n3ccc(N4CCC(O)C4(C)C)n3)c2C1=O.CC1(C)C(O)CCN1c1ccn(-c2cc(-c3c(F)cccc3C#N)nc3c2C(=O)NC3)n1.CC1(C)C(O)CCN1c1ccn(Cc2ccccc2)n1.CC1(C)C(O)CCN1c1ccn[nH]1. The molecule has 4 saturated heterocycles. The Labute approximate surface area is 760 Å². The molecule has 6 N–H and O–H groups in total. The van der Waals surface area contributed by atoms with Crippen molar-refractivity contribution in [2.75, 3.05) is 45.8 Å². The fourth-order valence-electron chi connectivity index (χ4n) is 17.1. The predicted molar refractivity (Wildman–Crippen MR) is 482 cm³/mol. The van der Waals surface area contributed by atoms with Gasteiger partial charge in [-0.05, 0) is 200 Å². The quantitative estimate of drug-likeness (QED) is 0.0700. The molecule has 18 rings (SSSR count). The van der Waals surface area contributed by atoms with Crippen molar-refractivity contribution in [3.63, 3.8) is 0 Å². The Hall–Kier alpha value is -13.8. The van der Waals surface area contributed by atoms with Gasteiger partial charge in [0.2, 0.25) is 0 Å². The van der Waals surface area contributed by atoms with E-state index in [0.717, 1.165) is 53.9 Å². The first-order valence-electron chi connectivity index (χ1n) is 42.8. The smallest absolute Gasteiger partial charge is 0.417 e. The average molecular weight is 1800 g/mol. The van der Waals surface area contributed by atoms with Gasteiger partial charge in [-0.1, -0.05) is 60.1 Å². The molecule has 7 aliphatic heterocycles. The van der Waals surface area contributed by atoms with Gasteiger partial charge in [0.1, 0.15) is 34.5 Å². The molecule has 7 aliphatic rings. The molecule has 31 nitrogen and oxygen atoms in total. The van der Waals surface area contributed by atoms with E-state index in [-0.39, 0.29) is 121 Å². The van der Waals surface area contributed by atoms with Crippen LogP contribution in [-0.2, 0) is 35.7 Å². The number of imide groups is 2. The van der Waals surface area contributed by atoms with Gasteiger partial charge in [0, 0.05) is 74.6 Å². The number of nitrogens with one attached hydrogen (secondary N) is 2. The van der Waals surface area contributed by atoms with Gasteiger partial charge in [0.05, 0.1) is 181 Å². The molecule has 0 radical (unpaired) electrons. The molecule has 0 bridgehead atoms. The van der Waals surface area contributed by atoms with E-state index >= 15 is 4.39 Å². The van der Waals surface area contributed by atoms with E-state index < -0.39 is 75.9 Å². The number of nitrogens with zero attached hydrogens (tertiary/aromatic N) is 18. The number of hydrogen-bond donors (Lipinski definition) is 6. The first-order valence-corrected chi connectivity index (χ1v) is 43.2. The maximum Gasteiger partial charge on any atom is 0.417 e. The second-order valence-electron chi connectivity index (χ2n) is 36.9. The molecule has 0 aliphatic carbocycles. The Bertz CT molecular complexity index is 6360. The largest absolute Gasteiger partial charge is 0.443 e. The zero-order valence-electron chi connectivity index (χ0n) is 75.0. The van der Waals surface area contributed by atoms with Crippen LogP contribution in [0.3, 0.4) is 0 Å². The molecule has 11 aromatic rings. The minimum atomic E-state index is -0.827. The van der Waals surface area contributed by atoms with Crippen molar-refractivity contribution >= 4 is 64.8 Å². The number of carbonyl (C=O) groups excluding carboxylic acids is 5. The van der Waals surface area contributed by atoms with Gasteiger partial charge in [-0.2, -0.15) is 36.2 Å². The van der Waals surface area contributed by atoms with Crippen molar-refractivity contribution in [3.8, 4) is 63.2 Å². The fourth-order valence-corrected chi connectivity index (χ4v) is 17.5. The molecule has 5 amide bonds. The van der Waals surface area contributed by atoms with Crippen molar-refractivity contribution in [2.24, 2.45) is 0 Å². The van der Waals surface area contributed by atoms with Gasteiger partial charge in [0.25, 0.3) is 17.7 Å². The lowest BCUT2D eigenvalue weighted by Crippen LogP contribution is -2.45. The van der Waals surface area contributed by atoms with Gasteiger partial charge in [0.15, 0.2) is 17.5 Å². The van der Waals surface area contributed by atoms with Crippen LogP contribution in [0.2, 0.25) is 5.02 Å². The number of amides is 5. The van der Waals surface area contributed by atoms with E-state index in [9.17, 15) is 69.0 Å². The molecule has 5 aromatic carbocycles.